The Balaban J connectivity index is 1.46. The molecule has 1 aliphatic heterocycles. The first-order valence-corrected chi connectivity index (χ1v) is 12.6. The molecule has 4 N–H and O–H groups in total. The minimum Gasteiger partial charge on any atom is -0.406 e. The molecule has 13 heteroatoms. The standard InChI is InChI=1S/C25H30F3N7O3/c1-24(10-12-37-13-11-24)34-22-30-14-19-21(33-22)35(17-6-2-15(3-7-17)20(29)36)23(32-19)31-16-4-8-18(9-5-16)38-25(26,27)28/h4-5,8-9,14-15,17H,2-3,6-7,10-13H2,1H3,(H2,29,36)(H,31,32)(H,30,33,34)/t15-,17-. The van der Waals surface area contributed by atoms with Gasteiger partial charge in [-0.05, 0) is 69.7 Å². The molecule has 1 saturated heterocycles. The van der Waals surface area contributed by atoms with Gasteiger partial charge in [-0.15, -0.1) is 13.2 Å². The molecule has 0 spiro atoms. The van der Waals surface area contributed by atoms with Gasteiger partial charge in [-0.25, -0.2) is 9.97 Å². The van der Waals surface area contributed by atoms with E-state index in [1.807, 2.05) is 4.57 Å². The third-order valence-electron chi connectivity index (χ3n) is 7.25. The molecule has 1 aromatic carbocycles. The van der Waals surface area contributed by atoms with Crippen molar-refractivity contribution >= 4 is 34.7 Å². The molecule has 2 aliphatic rings. The van der Waals surface area contributed by atoms with Crippen LogP contribution in [0.15, 0.2) is 30.5 Å². The monoisotopic (exact) mass is 533 g/mol. The van der Waals surface area contributed by atoms with Crippen LogP contribution in [-0.2, 0) is 9.53 Å². The number of hydrogen-bond acceptors (Lipinski definition) is 8. The maximum Gasteiger partial charge on any atom is 0.573 e. The molecule has 1 saturated carbocycles. The van der Waals surface area contributed by atoms with Crippen LogP contribution in [0.2, 0.25) is 0 Å². The highest BCUT2D eigenvalue weighted by atomic mass is 19.4. The minimum absolute atomic E-state index is 0.00708. The first-order valence-electron chi connectivity index (χ1n) is 12.6. The predicted molar refractivity (Wildman–Crippen MR) is 134 cm³/mol. The second-order valence-corrected chi connectivity index (χ2v) is 10.1. The number of anilines is 3. The molecule has 204 valence electrons. The van der Waals surface area contributed by atoms with Gasteiger partial charge in [0.15, 0.2) is 5.65 Å². The number of carbonyl (C=O) groups excluding carboxylic acids is 1. The number of nitrogens with two attached hydrogens (primary N) is 1. The van der Waals surface area contributed by atoms with E-state index in [1.165, 1.54) is 24.3 Å². The first kappa shape index (κ1) is 26.0. The predicted octanol–water partition coefficient (Wildman–Crippen LogP) is 4.67. The quantitative estimate of drug-likeness (QED) is 0.400. The first-order chi connectivity index (χ1) is 18.1. The van der Waals surface area contributed by atoms with Crippen LogP contribution in [0.5, 0.6) is 5.75 Å². The number of benzene rings is 1. The number of primary amides is 1. The summed E-state index contributed by atoms with van der Waals surface area (Å²) < 4.78 is 49.1. The second kappa shape index (κ2) is 10.3. The number of amides is 1. The zero-order chi connectivity index (χ0) is 26.9. The fourth-order valence-corrected chi connectivity index (χ4v) is 5.09. The van der Waals surface area contributed by atoms with Gasteiger partial charge < -0.3 is 25.8 Å². The number of ether oxygens (including phenoxy) is 2. The van der Waals surface area contributed by atoms with Crippen LogP contribution in [0.3, 0.4) is 0 Å². The van der Waals surface area contributed by atoms with Gasteiger partial charge in [-0.2, -0.15) is 4.98 Å². The molecule has 5 rings (SSSR count). The number of imidazole rings is 1. The number of alkyl halides is 3. The number of aromatic nitrogens is 4. The van der Waals surface area contributed by atoms with Gasteiger partial charge in [-0.3, -0.25) is 9.36 Å². The molecule has 2 fully saturated rings. The average molecular weight is 534 g/mol. The fourth-order valence-electron chi connectivity index (χ4n) is 5.09. The van der Waals surface area contributed by atoms with Crippen LogP contribution in [0.4, 0.5) is 30.8 Å². The number of hydrogen-bond donors (Lipinski definition) is 3. The van der Waals surface area contributed by atoms with Crippen molar-refractivity contribution in [1.29, 1.82) is 0 Å². The van der Waals surface area contributed by atoms with E-state index in [4.69, 9.17) is 20.4 Å². The molecule has 3 aromatic rings. The summed E-state index contributed by atoms with van der Waals surface area (Å²) in [4.78, 5) is 25.7. The zero-order valence-corrected chi connectivity index (χ0v) is 20.9. The van der Waals surface area contributed by atoms with Crippen molar-refractivity contribution in [3.63, 3.8) is 0 Å². The van der Waals surface area contributed by atoms with Gasteiger partial charge in [0.05, 0.1) is 6.20 Å². The van der Waals surface area contributed by atoms with Gasteiger partial charge in [-0.1, -0.05) is 0 Å². The van der Waals surface area contributed by atoms with E-state index in [-0.39, 0.29) is 29.2 Å². The Morgan fingerprint density at radius 3 is 2.45 bits per heavy atom. The summed E-state index contributed by atoms with van der Waals surface area (Å²) >= 11 is 0. The molecule has 3 heterocycles. The van der Waals surface area contributed by atoms with Crippen LogP contribution in [0.25, 0.3) is 11.2 Å². The highest BCUT2D eigenvalue weighted by Crippen LogP contribution is 2.37. The van der Waals surface area contributed by atoms with Crippen molar-refractivity contribution in [1.82, 2.24) is 19.5 Å². The zero-order valence-electron chi connectivity index (χ0n) is 20.9. The van der Waals surface area contributed by atoms with Gasteiger partial charge in [0.2, 0.25) is 17.8 Å². The van der Waals surface area contributed by atoms with Gasteiger partial charge in [0, 0.05) is 36.4 Å². The van der Waals surface area contributed by atoms with E-state index < -0.39 is 6.36 Å². The lowest BCUT2D eigenvalue weighted by Crippen LogP contribution is -2.41. The fraction of sp³-hybridized carbons (Fsp3) is 0.520. The summed E-state index contributed by atoms with van der Waals surface area (Å²) in [6, 6.07) is 5.43. The topological polar surface area (TPSA) is 129 Å². The van der Waals surface area contributed by atoms with E-state index in [1.54, 1.807) is 6.20 Å². The number of halogens is 3. The van der Waals surface area contributed by atoms with E-state index in [9.17, 15) is 18.0 Å². The Morgan fingerprint density at radius 2 is 1.82 bits per heavy atom. The lowest BCUT2D eigenvalue weighted by molar-refractivity contribution is -0.274. The summed E-state index contributed by atoms with van der Waals surface area (Å²) in [5, 5.41) is 6.66. The average Bonchev–Trinajstić information content (AvgIpc) is 3.21. The number of nitrogens with one attached hydrogen (secondary N) is 2. The highest BCUT2D eigenvalue weighted by molar-refractivity contribution is 5.78. The van der Waals surface area contributed by atoms with Crippen LogP contribution in [0.1, 0.15) is 51.5 Å². The lowest BCUT2D eigenvalue weighted by Gasteiger charge is -2.34. The molecular weight excluding hydrogens is 503 g/mol. The van der Waals surface area contributed by atoms with Crippen molar-refractivity contribution in [2.75, 3.05) is 23.8 Å². The van der Waals surface area contributed by atoms with E-state index >= 15 is 0 Å². The highest BCUT2D eigenvalue weighted by Gasteiger charge is 2.32. The summed E-state index contributed by atoms with van der Waals surface area (Å²) in [7, 11) is 0. The normalized spacial score (nSPS) is 21.7. The maximum absolute atomic E-state index is 12.5. The van der Waals surface area contributed by atoms with Gasteiger partial charge in [0.1, 0.15) is 11.3 Å². The Morgan fingerprint density at radius 1 is 1.13 bits per heavy atom. The number of rotatable bonds is 7. The Labute approximate surface area is 217 Å². The van der Waals surface area contributed by atoms with Crippen LogP contribution < -0.4 is 21.1 Å². The molecule has 38 heavy (non-hydrogen) atoms. The third kappa shape index (κ3) is 5.93. The molecule has 1 aliphatic carbocycles. The van der Waals surface area contributed by atoms with E-state index in [0.717, 1.165) is 12.8 Å². The molecule has 0 radical (unpaired) electrons. The smallest absolute Gasteiger partial charge is 0.406 e. The second-order valence-electron chi connectivity index (χ2n) is 10.1. The summed E-state index contributed by atoms with van der Waals surface area (Å²) in [5.41, 5.74) is 7.07. The van der Waals surface area contributed by atoms with Crippen molar-refractivity contribution in [3.05, 3.63) is 30.5 Å². The molecule has 1 amide bonds. The van der Waals surface area contributed by atoms with Gasteiger partial charge >= 0.3 is 6.36 Å². The molecule has 0 bridgehead atoms. The molecular formula is C25H30F3N7O3. The van der Waals surface area contributed by atoms with Crippen molar-refractivity contribution in [2.24, 2.45) is 11.7 Å². The summed E-state index contributed by atoms with van der Waals surface area (Å²) in [6.45, 7) is 3.44. The van der Waals surface area contributed by atoms with Crippen molar-refractivity contribution in [3.8, 4) is 5.75 Å². The Kier molecular flexibility index (Phi) is 7.03. The van der Waals surface area contributed by atoms with E-state index in [0.29, 0.717) is 67.6 Å². The molecule has 10 nitrogen and oxygen atoms in total. The largest absolute Gasteiger partial charge is 0.573 e. The SMILES string of the molecule is CC1(Nc2ncc3nc(Nc4ccc(OC(F)(F)F)cc4)n([C@H]4CC[C@H](C(N)=O)CC4)c3n2)CCOCC1. The minimum atomic E-state index is -4.77. The molecule has 0 unspecified atom stereocenters. The van der Waals surface area contributed by atoms with Gasteiger partial charge in [0.25, 0.3) is 0 Å². The number of nitrogens with zero attached hydrogens (tertiary/aromatic N) is 4. The van der Waals surface area contributed by atoms with Crippen molar-refractivity contribution < 1.29 is 27.4 Å². The summed E-state index contributed by atoms with van der Waals surface area (Å²) in [5.74, 6) is 0.185. The number of carbonyl (C=O) groups is 1. The van der Waals surface area contributed by atoms with Crippen LogP contribution >= 0.6 is 0 Å². The number of fused-ring (bicyclic) bond motifs is 1. The summed E-state index contributed by atoms with van der Waals surface area (Å²) in [6.07, 6.45) is 1.25. The molecule has 0 atom stereocenters. The Bertz CT molecular complexity index is 1280. The third-order valence-corrected chi connectivity index (χ3v) is 7.25. The lowest BCUT2D eigenvalue weighted by atomic mass is 9.85. The van der Waals surface area contributed by atoms with Crippen LogP contribution in [0, 0.1) is 5.92 Å². The molecule has 2 aromatic heterocycles. The van der Waals surface area contributed by atoms with Crippen LogP contribution in [-0.4, -0.2) is 50.5 Å². The van der Waals surface area contributed by atoms with E-state index in [2.05, 4.69) is 27.3 Å². The Hall–Kier alpha value is -3.61. The van der Waals surface area contributed by atoms with Crippen molar-refractivity contribution in [2.45, 2.75) is 63.4 Å². The maximum atomic E-state index is 12.5.